The van der Waals surface area contributed by atoms with E-state index in [1.165, 1.54) is 23.8 Å². The van der Waals surface area contributed by atoms with Gasteiger partial charge in [-0.05, 0) is 109 Å². The van der Waals surface area contributed by atoms with Gasteiger partial charge in [0.05, 0.1) is 23.9 Å². The molecular weight excluding hydrogens is 961 g/mol. The molecule has 0 spiro atoms. The Balaban J connectivity index is 0.730. The molecule has 20 heteroatoms. The molecule has 0 unspecified atom stereocenters. The van der Waals surface area contributed by atoms with Crippen LogP contribution in [0.3, 0.4) is 0 Å². The van der Waals surface area contributed by atoms with Crippen LogP contribution < -0.4 is 20.0 Å². The van der Waals surface area contributed by atoms with Crippen LogP contribution in [-0.4, -0.2) is 98.3 Å². The zero-order valence-corrected chi connectivity index (χ0v) is 41.1. The van der Waals surface area contributed by atoms with Crippen molar-refractivity contribution in [3.05, 3.63) is 131 Å². The van der Waals surface area contributed by atoms with Gasteiger partial charge in [0, 0.05) is 104 Å². The van der Waals surface area contributed by atoms with Crippen LogP contribution in [0, 0.1) is 17.6 Å². The minimum absolute atomic E-state index is 0.0230. The molecule has 2 fully saturated rings. The highest BCUT2D eigenvalue weighted by molar-refractivity contribution is 7.92. The molecule has 0 saturated carbocycles. The van der Waals surface area contributed by atoms with E-state index in [2.05, 4.69) is 34.4 Å². The quantitative estimate of drug-likeness (QED) is 0.0852. The molecule has 0 aliphatic carbocycles. The van der Waals surface area contributed by atoms with Gasteiger partial charge < -0.3 is 34.1 Å². The number of methoxy groups -OCH3 is 1. The smallest absolute Gasteiger partial charge is 0.410 e. The molecule has 4 N–H and O–H groups in total. The van der Waals surface area contributed by atoms with Crippen molar-refractivity contribution in [3.63, 3.8) is 0 Å². The first kappa shape index (κ1) is 48.6. The number of piperidine rings is 2. The summed E-state index contributed by atoms with van der Waals surface area (Å²) in [6.45, 7) is 7.16. The van der Waals surface area contributed by atoms with E-state index in [9.17, 15) is 37.0 Å². The summed E-state index contributed by atoms with van der Waals surface area (Å²) < 4.78 is 71.8. The molecule has 73 heavy (non-hydrogen) atoms. The monoisotopic (exact) mass is 1010 g/mol. The highest BCUT2D eigenvalue weighted by Crippen LogP contribution is 2.39. The second-order valence-electron chi connectivity index (χ2n) is 18.8. The van der Waals surface area contributed by atoms with E-state index >= 15 is 0 Å². The second kappa shape index (κ2) is 19.9. The number of carbonyl (C=O) groups excluding carboxylic acids is 1. The van der Waals surface area contributed by atoms with Crippen molar-refractivity contribution < 1.29 is 41.7 Å². The van der Waals surface area contributed by atoms with E-state index in [1.807, 2.05) is 73.5 Å². The fourth-order valence-electron chi connectivity index (χ4n) is 9.96. The highest BCUT2D eigenvalue weighted by Gasteiger charge is 2.29. The standard InChI is InChI=1S/C53H53F2N9O8S/c1-31(2)39-28-41(48(66)29-47(39)65)50-58-59-52(67)64(50)37-6-8-45-34(24-37)14-21-61(45)18-11-32-12-19-63(20-13-32)53(68)72-38-15-22-62(23-16-38)46-10-17-56-43-7-4-33(25-40(43)46)35-26-44(51(71-3)57-30-35)60-73(69,70)49-9-5-36(54)27-42(49)55/h4-10,14,17,21,24-32,38,60,65-66H,11-13,15-16,18-20,22-23H2,1-3H3,(H,59,67). The van der Waals surface area contributed by atoms with Gasteiger partial charge in [-0.2, -0.15) is 5.10 Å². The van der Waals surface area contributed by atoms with Crippen LogP contribution in [0.15, 0.2) is 113 Å². The number of sulfonamides is 1. The molecule has 1 amide bonds. The average molecular weight is 1010 g/mol. The molecule has 4 aromatic heterocycles. The number of phenols is 2. The molecule has 17 nitrogen and oxygen atoms in total. The van der Waals surface area contributed by atoms with Gasteiger partial charge in [-0.1, -0.05) is 19.9 Å². The number of halogens is 2. The van der Waals surface area contributed by atoms with Crippen molar-refractivity contribution in [3.8, 4) is 45.6 Å². The number of hydrogen-bond donors (Lipinski definition) is 4. The summed E-state index contributed by atoms with van der Waals surface area (Å²) in [6.07, 6.45) is 8.74. The Morgan fingerprint density at radius 1 is 0.890 bits per heavy atom. The summed E-state index contributed by atoms with van der Waals surface area (Å²) in [7, 11) is -3.15. The van der Waals surface area contributed by atoms with Crippen LogP contribution in [0.25, 0.3) is 50.0 Å². The largest absolute Gasteiger partial charge is 0.508 e. The first-order valence-electron chi connectivity index (χ1n) is 24.1. The molecule has 0 atom stereocenters. The third-order valence-corrected chi connectivity index (χ3v) is 15.3. The number of aromatic nitrogens is 6. The van der Waals surface area contributed by atoms with Crippen molar-refractivity contribution in [1.29, 1.82) is 0 Å². The lowest BCUT2D eigenvalue weighted by Gasteiger charge is -2.36. The van der Waals surface area contributed by atoms with Crippen LogP contribution >= 0.6 is 0 Å². The number of phenolic OH excluding ortho intramolecular Hbond substituents is 2. The number of nitrogens with zero attached hydrogens (tertiary/aromatic N) is 7. The molecule has 2 saturated heterocycles. The minimum Gasteiger partial charge on any atom is -0.508 e. The third kappa shape index (κ3) is 9.85. The topological polar surface area (TPSA) is 210 Å². The molecule has 2 aliphatic heterocycles. The lowest BCUT2D eigenvalue weighted by molar-refractivity contribution is 0.0427. The number of hydrogen-bond acceptors (Lipinski definition) is 12. The number of H-pyrrole nitrogens is 1. The number of carbonyl (C=O) groups is 1. The Kier molecular flexibility index (Phi) is 13.2. The first-order valence-corrected chi connectivity index (χ1v) is 25.6. The number of amides is 1. The average Bonchev–Trinajstić information content (AvgIpc) is 3.97. The first-order chi connectivity index (χ1) is 35.1. The maximum absolute atomic E-state index is 14.5. The van der Waals surface area contributed by atoms with Crippen LogP contribution in [0.5, 0.6) is 17.4 Å². The van der Waals surface area contributed by atoms with E-state index in [0.29, 0.717) is 78.9 Å². The number of aromatic amines is 1. The Hall–Kier alpha value is -8.00. The number of likely N-dealkylation sites (tertiary alicyclic amines) is 1. The van der Waals surface area contributed by atoms with Gasteiger partial charge in [0.1, 0.15) is 39.8 Å². The molecule has 0 bridgehead atoms. The van der Waals surface area contributed by atoms with Crippen LogP contribution in [-0.2, 0) is 21.3 Å². The fourth-order valence-corrected chi connectivity index (χ4v) is 11.1. The van der Waals surface area contributed by atoms with Gasteiger partial charge in [-0.3, -0.25) is 9.71 Å². The Morgan fingerprint density at radius 3 is 2.44 bits per heavy atom. The molecule has 6 heterocycles. The number of anilines is 2. The highest BCUT2D eigenvalue weighted by atomic mass is 32.2. The van der Waals surface area contributed by atoms with E-state index in [-0.39, 0.29) is 47.0 Å². The van der Waals surface area contributed by atoms with Crippen molar-refractivity contribution >= 4 is 49.3 Å². The SMILES string of the molecule is COc1ncc(-c2ccc3nccc(N4CCC(OC(=O)N5CCC(CCn6ccc7cc(-n8c(-c9cc(C(C)C)c(O)cc9O)n[nH]c8=O)ccc76)CC5)CC4)c3c2)cc1NS(=O)(=O)c1ccc(F)cc1F. The predicted octanol–water partition coefficient (Wildman–Crippen LogP) is 9.32. The Labute approximate surface area is 418 Å². The van der Waals surface area contributed by atoms with Crippen molar-refractivity contribution in [2.45, 2.75) is 69.4 Å². The molecule has 4 aromatic carbocycles. The van der Waals surface area contributed by atoms with E-state index in [1.54, 1.807) is 18.5 Å². The van der Waals surface area contributed by atoms with Gasteiger partial charge in [0.25, 0.3) is 10.0 Å². The van der Waals surface area contributed by atoms with Gasteiger partial charge in [0.2, 0.25) is 5.88 Å². The number of ether oxygens (including phenoxy) is 2. The lowest BCUT2D eigenvalue weighted by atomic mass is 9.94. The number of fused-ring (bicyclic) bond motifs is 2. The maximum Gasteiger partial charge on any atom is 0.410 e. The lowest BCUT2D eigenvalue weighted by Crippen LogP contribution is -2.43. The third-order valence-electron chi connectivity index (χ3n) is 13.9. The van der Waals surface area contributed by atoms with E-state index in [4.69, 9.17) is 9.47 Å². The molecule has 378 valence electrons. The molecule has 2 aliphatic rings. The number of aryl methyl sites for hydroxylation is 1. The molecular formula is C53H53F2N9O8S. The summed E-state index contributed by atoms with van der Waals surface area (Å²) in [5.41, 5.74) is 5.02. The number of nitrogens with one attached hydrogen (secondary N) is 2. The number of aromatic hydroxyl groups is 2. The normalized spacial score (nSPS) is 14.9. The van der Waals surface area contributed by atoms with Crippen LogP contribution in [0.2, 0.25) is 0 Å². The maximum atomic E-state index is 14.5. The molecule has 8 aromatic rings. The predicted molar refractivity (Wildman–Crippen MR) is 272 cm³/mol. The summed E-state index contributed by atoms with van der Waals surface area (Å²) >= 11 is 0. The van der Waals surface area contributed by atoms with Crippen LogP contribution in [0.4, 0.5) is 25.0 Å². The zero-order chi connectivity index (χ0) is 51.1. The molecule has 10 rings (SSSR count). The van der Waals surface area contributed by atoms with E-state index in [0.717, 1.165) is 65.4 Å². The van der Waals surface area contributed by atoms with Crippen LogP contribution in [0.1, 0.15) is 57.4 Å². The van der Waals surface area contributed by atoms with Crippen molar-refractivity contribution in [2.24, 2.45) is 5.92 Å². The number of rotatable bonds is 13. The second-order valence-corrected chi connectivity index (χ2v) is 20.5. The number of benzene rings is 4. The summed E-state index contributed by atoms with van der Waals surface area (Å²) in [4.78, 5) is 38.7. The van der Waals surface area contributed by atoms with Gasteiger partial charge in [-0.25, -0.2) is 41.4 Å². The molecule has 0 radical (unpaired) electrons. The van der Waals surface area contributed by atoms with Crippen molar-refractivity contribution in [2.75, 3.05) is 42.9 Å². The van der Waals surface area contributed by atoms with Gasteiger partial charge >= 0.3 is 11.8 Å². The minimum atomic E-state index is -4.48. The zero-order valence-electron chi connectivity index (χ0n) is 40.3. The Bertz CT molecular complexity index is 3560. The summed E-state index contributed by atoms with van der Waals surface area (Å²) in [6, 6.07) is 22.0. The van der Waals surface area contributed by atoms with Gasteiger partial charge in [-0.15, -0.1) is 0 Å². The summed E-state index contributed by atoms with van der Waals surface area (Å²) in [5.74, 6) is -1.75. The Morgan fingerprint density at radius 2 is 1.68 bits per heavy atom. The number of pyridine rings is 2. The summed E-state index contributed by atoms with van der Waals surface area (Å²) in [5, 5.41) is 29.7. The van der Waals surface area contributed by atoms with Gasteiger partial charge in [0.15, 0.2) is 5.82 Å². The van der Waals surface area contributed by atoms with Crippen molar-refractivity contribution in [1.82, 2.24) is 34.2 Å². The van der Waals surface area contributed by atoms with E-state index < -0.39 is 32.2 Å². The fraction of sp³-hybridized carbons (Fsp3) is 0.302.